The molecule has 1 amide bonds. The van der Waals surface area contributed by atoms with E-state index in [1.165, 1.54) is 22.5 Å². The Morgan fingerprint density at radius 2 is 1.73 bits per heavy atom. The summed E-state index contributed by atoms with van der Waals surface area (Å²) < 4.78 is 64.8. The van der Waals surface area contributed by atoms with E-state index < -0.39 is 27.8 Å². The number of nitrogens with zero attached hydrogens (tertiary/aromatic N) is 2. The number of rotatable bonds is 8. The quantitative estimate of drug-likeness (QED) is 0.646. The third-order valence-corrected chi connectivity index (χ3v) is 6.31. The third-order valence-electron chi connectivity index (χ3n) is 4.27. The minimum absolute atomic E-state index is 0.00584. The summed E-state index contributed by atoms with van der Waals surface area (Å²) in [5, 5.41) is 5.56. The second-order valence-electron chi connectivity index (χ2n) is 6.21. The molecule has 0 bridgehead atoms. The third kappa shape index (κ3) is 5.28. The van der Waals surface area contributed by atoms with Crippen LogP contribution in [0.2, 0.25) is 0 Å². The van der Waals surface area contributed by atoms with E-state index in [-0.39, 0.29) is 29.2 Å². The Hall–Kier alpha value is -2.66. The fourth-order valence-corrected chi connectivity index (χ4v) is 4.22. The van der Waals surface area contributed by atoms with Gasteiger partial charge in [-0.15, -0.1) is 0 Å². The van der Waals surface area contributed by atoms with Gasteiger partial charge in [0, 0.05) is 25.8 Å². The molecule has 0 aliphatic carbocycles. The highest BCUT2D eigenvalue weighted by molar-refractivity contribution is 7.89. The summed E-state index contributed by atoms with van der Waals surface area (Å²) in [6, 6.07) is 6.00. The van der Waals surface area contributed by atoms with Crippen LogP contribution in [0, 0.1) is 0 Å². The standard InChI is InChI=1S/C19H23F3N4O3S/c1-4-23-15-9-8-14(30(28,29)26(5-2)6-3)11-16(15)25-18(27)13-7-10-17(24-12-13)19(20,21)22/h7-12,23H,4-6H2,1-3H3,(H,25,27). The maximum absolute atomic E-state index is 12.8. The van der Waals surface area contributed by atoms with E-state index in [0.717, 1.165) is 12.3 Å². The Labute approximate surface area is 173 Å². The SMILES string of the molecule is CCNc1ccc(S(=O)(=O)N(CC)CC)cc1NC(=O)c1ccc(C(F)(F)F)nc1. The van der Waals surface area contributed by atoms with Crippen molar-refractivity contribution < 1.29 is 26.4 Å². The van der Waals surface area contributed by atoms with Crippen molar-refractivity contribution in [2.75, 3.05) is 30.3 Å². The van der Waals surface area contributed by atoms with Gasteiger partial charge in [-0.05, 0) is 37.3 Å². The molecule has 2 aromatic rings. The highest BCUT2D eigenvalue weighted by atomic mass is 32.2. The van der Waals surface area contributed by atoms with E-state index in [0.29, 0.717) is 18.3 Å². The molecule has 0 fully saturated rings. The summed E-state index contributed by atoms with van der Waals surface area (Å²) in [5.41, 5.74) is -0.540. The molecule has 1 aromatic carbocycles. The smallest absolute Gasteiger partial charge is 0.384 e. The summed E-state index contributed by atoms with van der Waals surface area (Å²) in [4.78, 5) is 15.8. The maximum Gasteiger partial charge on any atom is 0.433 e. The van der Waals surface area contributed by atoms with Gasteiger partial charge in [-0.25, -0.2) is 8.42 Å². The minimum Gasteiger partial charge on any atom is -0.384 e. The van der Waals surface area contributed by atoms with Gasteiger partial charge in [0.1, 0.15) is 5.69 Å². The van der Waals surface area contributed by atoms with Crippen LogP contribution in [0.4, 0.5) is 24.5 Å². The monoisotopic (exact) mass is 444 g/mol. The summed E-state index contributed by atoms with van der Waals surface area (Å²) >= 11 is 0. The van der Waals surface area contributed by atoms with Crippen molar-refractivity contribution in [1.29, 1.82) is 0 Å². The lowest BCUT2D eigenvalue weighted by atomic mass is 10.2. The number of aromatic nitrogens is 1. The Kier molecular flexibility index (Phi) is 7.43. The number of anilines is 2. The average molecular weight is 444 g/mol. The number of hydrogen-bond donors (Lipinski definition) is 2. The van der Waals surface area contributed by atoms with Crippen molar-refractivity contribution in [2.45, 2.75) is 31.8 Å². The van der Waals surface area contributed by atoms with Crippen molar-refractivity contribution in [1.82, 2.24) is 9.29 Å². The maximum atomic E-state index is 12.8. The van der Waals surface area contributed by atoms with Gasteiger partial charge < -0.3 is 10.6 Å². The molecular weight excluding hydrogens is 421 g/mol. The first-order chi connectivity index (χ1) is 14.0. The molecule has 2 N–H and O–H groups in total. The Morgan fingerprint density at radius 1 is 1.07 bits per heavy atom. The number of pyridine rings is 1. The van der Waals surface area contributed by atoms with Crippen LogP contribution in [0.5, 0.6) is 0 Å². The molecule has 0 spiro atoms. The van der Waals surface area contributed by atoms with Crippen LogP contribution in [0.25, 0.3) is 0 Å². The summed E-state index contributed by atoms with van der Waals surface area (Å²) in [6.45, 7) is 6.33. The Balaban J connectivity index is 2.38. The molecule has 0 aliphatic heterocycles. The van der Waals surface area contributed by atoms with Crippen LogP contribution in [-0.4, -0.2) is 43.2 Å². The lowest BCUT2D eigenvalue weighted by molar-refractivity contribution is -0.141. The van der Waals surface area contributed by atoms with E-state index in [4.69, 9.17) is 0 Å². The number of carbonyl (C=O) groups is 1. The van der Waals surface area contributed by atoms with Crippen LogP contribution in [0.15, 0.2) is 41.4 Å². The molecule has 0 radical (unpaired) electrons. The molecule has 7 nitrogen and oxygen atoms in total. The van der Waals surface area contributed by atoms with Gasteiger partial charge in [0.2, 0.25) is 10.0 Å². The number of alkyl halides is 3. The molecular formula is C19H23F3N4O3S. The zero-order chi connectivity index (χ0) is 22.5. The molecule has 1 aromatic heterocycles. The predicted molar refractivity (Wildman–Crippen MR) is 108 cm³/mol. The van der Waals surface area contributed by atoms with Crippen LogP contribution < -0.4 is 10.6 Å². The Bertz CT molecular complexity index is 989. The zero-order valence-corrected chi connectivity index (χ0v) is 17.6. The molecule has 11 heteroatoms. The average Bonchev–Trinajstić information content (AvgIpc) is 2.69. The van der Waals surface area contributed by atoms with Gasteiger partial charge in [0.15, 0.2) is 0 Å². The lowest BCUT2D eigenvalue weighted by Crippen LogP contribution is -2.30. The van der Waals surface area contributed by atoms with E-state index in [1.807, 2.05) is 6.92 Å². The number of benzene rings is 1. The predicted octanol–water partition coefficient (Wildman–Crippen LogP) is 3.82. The van der Waals surface area contributed by atoms with Gasteiger partial charge in [-0.1, -0.05) is 13.8 Å². The second kappa shape index (κ2) is 9.43. The van der Waals surface area contributed by atoms with Crippen molar-refractivity contribution in [3.8, 4) is 0 Å². The Morgan fingerprint density at radius 3 is 2.23 bits per heavy atom. The molecule has 164 valence electrons. The molecule has 30 heavy (non-hydrogen) atoms. The summed E-state index contributed by atoms with van der Waals surface area (Å²) in [5.74, 6) is -0.715. The van der Waals surface area contributed by atoms with Gasteiger partial charge in [-0.2, -0.15) is 17.5 Å². The van der Waals surface area contributed by atoms with Crippen LogP contribution in [-0.2, 0) is 16.2 Å². The normalized spacial score (nSPS) is 12.1. The van der Waals surface area contributed by atoms with Crippen molar-refractivity contribution in [3.63, 3.8) is 0 Å². The zero-order valence-electron chi connectivity index (χ0n) is 16.7. The van der Waals surface area contributed by atoms with Crippen LogP contribution in [0.3, 0.4) is 0 Å². The van der Waals surface area contributed by atoms with Gasteiger partial charge in [0.05, 0.1) is 21.8 Å². The second-order valence-corrected chi connectivity index (χ2v) is 8.15. The number of sulfonamides is 1. The first-order valence-electron chi connectivity index (χ1n) is 9.27. The highest BCUT2D eigenvalue weighted by Crippen LogP contribution is 2.29. The lowest BCUT2D eigenvalue weighted by Gasteiger charge is -2.20. The first kappa shape index (κ1) is 23.6. The van der Waals surface area contributed by atoms with Crippen molar-refractivity contribution in [2.24, 2.45) is 0 Å². The number of amides is 1. The van der Waals surface area contributed by atoms with Crippen molar-refractivity contribution >= 4 is 27.3 Å². The first-order valence-corrected chi connectivity index (χ1v) is 10.7. The minimum atomic E-state index is -4.61. The van der Waals surface area contributed by atoms with E-state index in [9.17, 15) is 26.4 Å². The molecule has 0 aliphatic rings. The highest BCUT2D eigenvalue weighted by Gasteiger charge is 2.32. The largest absolute Gasteiger partial charge is 0.433 e. The van der Waals surface area contributed by atoms with Crippen molar-refractivity contribution in [3.05, 3.63) is 47.8 Å². The summed E-state index contributed by atoms with van der Waals surface area (Å²) in [7, 11) is -3.76. The molecule has 0 atom stereocenters. The van der Waals surface area contributed by atoms with Gasteiger partial charge >= 0.3 is 6.18 Å². The number of hydrogen-bond acceptors (Lipinski definition) is 5. The van der Waals surface area contributed by atoms with Gasteiger partial charge in [0.25, 0.3) is 5.91 Å². The molecule has 1 heterocycles. The number of carbonyl (C=O) groups excluding carboxylic acids is 1. The topological polar surface area (TPSA) is 91.4 Å². The van der Waals surface area contributed by atoms with E-state index in [2.05, 4.69) is 15.6 Å². The summed E-state index contributed by atoms with van der Waals surface area (Å²) in [6.07, 6.45) is -3.79. The van der Waals surface area contributed by atoms with Gasteiger partial charge in [-0.3, -0.25) is 9.78 Å². The fraction of sp³-hybridized carbons (Fsp3) is 0.368. The molecule has 0 saturated carbocycles. The van der Waals surface area contributed by atoms with Crippen LogP contribution in [0.1, 0.15) is 36.8 Å². The number of halogens is 3. The van der Waals surface area contributed by atoms with E-state index >= 15 is 0 Å². The fourth-order valence-electron chi connectivity index (χ4n) is 2.73. The number of nitrogens with one attached hydrogen (secondary N) is 2. The molecule has 0 unspecified atom stereocenters. The molecule has 2 rings (SSSR count). The van der Waals surface area contributed by atoms with Crippen LogP contribution >= 0.6 is 0 Å². The van der Waals surface area contributed by atoms with E-state index in [1.54, 1.807) is 13.8 Å². The molecule has 0 saturated heterocycles.